The summed E-state index contributed by atoms with van der Waals surface area (Å²) < 4.78 is 23.7. The van der Waals surface area contributed by atoms with Crippen LogP contribution in [0.15, 0.2) is 46.7 Å². The van der Waals surface area contributed by atoms with Crippen LogP contribution >= 0.6 is 11.6 Å². The van der Waals surface area contributed by atoms with Crippen molar-refractivity contribution in [3.8, 4) is 11.5 Å². The number of imide groups is 1. The largest absolute Gasteiger partial charge is 0.493 e. The Morgan fingerprint density at radius 3 is 2.56 bits per heavy atom. The summed E-state index contributed by atoms with van der Waals surface area (Å²) in [5.74, 6) is -1.52. The molecule has 2 atom stereocenters. The minimum atomic E-state index is -1.07. The summed E-state index contributed by atoms with van der Waals surface area (Å²) in [6, 6.07) is 6.21. The van der Waals surface area contributed by atoms with E-state index in [9.17, 15) is 18.8 Å². The molecule has 2 aromatic rings. The van der Waals surface area contributed by atoms with Gasteiger partial charge in [-0.25, -0.2) is 9.29 Å². The maximum atomic E-state index is 13.3. The Hall–Kier alpha value is -3.73. The number of anilines is 2. The maximum Gasteiger partial charge on any atom is 0.263 e. The van der Waals surface area contributed by atoms with E-state index >= 15 is 0 Å². The van der Waals surface area contributed by atoms with Gasteiger partial charge in [-0.15, -0.1) is 0 Å². The molecule has 2 aliphatic rings. The predicted octanol–water partition coefficient (Wildman–Crippen LogP) is 2.43. The van der Waals surface area contributed by atoms with E-state index in [-0.39, 0.29) is 22.9 Å². The highest BCUT2D eigenvalue weighted by Gasteiger charge is 2.55. The average molecular weight is 462 g/mol. The van der Waals surface area contributed by atoms with Gasteiger partial charge in [-0.05, 0) is 30.3 Å². The number of fused-ring (bicyclic) bond motifs is 1. The predicted molar refractivity (Wildman–Crippen MR) is 111 cm³/mol. The Morgan fingerprint density at radius 1 is 1.12 bits per heavy atom. The standard InChI is InChI=1S/C20H17ClFN5O5/c1-31-14-6-4-11(8-15(14)32-2)27-19(29)17-18(20(27)30)26(25-24-17)9-16(28)23-10-3-5-13(22)12(21)7-10/h3-8,17-18H,9H2,1-2H3,(H,23,28). The highest BCUT2D eigenvalue weighted by Crippen LogP contribution is 2.36. The van der Waals surface area contributed by atoms with Crippen LogP contribution in [0, 0.1) is 5.82 Å². The first-order valence-electron chi connectivity index (χ1n) is 9.36. The van der Waals surface area contributed by atoms with Gasteiger partial charge in [0, 0.05) is 11.8 Å². The fourth-order valence-electron chi connectivity index (χ4n) is 3.49. The molecule has 1 N–H and O–H groups in total. The van der Waals surface area contributed by atoms with Crippen molar-refractivity contribution in [3.05, 3.63) is 47.2 Å². The van der Waals surface area contributed by atoms with Crippen LogP contribution in [-0.4, -0.2) is 55.6 Å². The molecule has 0 aliphatic carbocycles. The number of amides is 3. The van der Waals surface area contributed by atoms with Gasteiger partial charge in [0.15, 0.2) is 23.6 Å². The maximum absolute atomic E-state index is 13.3. The minimum absolute atomic E-state index is 0.147. The molecule has 0 saturated carbocycles. The van der Waals surface area contributed by atoms with Gasteiger partial charge in [0.2, 0.25) is 5.91 Å². The number of hydrogen-bond donors (Lipinski definition) is 1. The third kappa shape index (κ3) is 3.71. The van der Waals surface area contributed by atoms with E-state index in [1.807, 2.05) is 0 Å². The van der Waals surface area contributed by atoms with Gasteiger partial charge in [-0.1, -0.05) is 16.8 Å². The lowest BCUT2D eigenvalue weighted by atomic mass is 10.1. The highest BCUT2D eigenvalue weighted by atomic mass is 35.5. The minimum Gasteiger partial charge on any atom is -0.493 e. The third-order valence-electron chi connectivity index (χ3n) is 4.99. The molecule has 32 heavy (non-hydrogen) atoms. The van der Waals surface area contributed by atoms with Crippen LogP contribution in [0.4, 0.5) is 15.8 Å². The molecule has 0 bridgehead atoms. The smallest absolute Gasteiger partial charge is 0.263 e. The van der Waals surface area contributed by atoms with Crippen molar-refractivity contribution in [2.45, 2.75) is 12.1 Å². The number of benzene rings is 2. The van der Waals surface area contributed by atoms with Crippen LogP contribution in [0.1, 0.15) is 0 Å². The number of methoxy groups -OCH3 is 2. The van der Waals surface area contributed by atoms with Crippen molar-refractivity contribution in [1.82, 2.24) is 5.01 Å². The second-order valence-corrected chi connectivity index (χ2v) is 7.33. The quantitative estimate of drug-likeness (QED) is 0.661. The Morgan fingerprint density at radius 2 is 1.88 bits per heavy atom. The molecule has 1 saturated heterocycles. The molecule has 2 unspecified atom stereocenters. The molecule has 0 radical (unpaired) electrons. The summed E-state index contributed by atoms with van der Waals surface area (Å²) in [7, 11) is 2.91. The molecule has 10 nitrogen and oxygen atoms in total. The molecule has 3 amide bonds. The lowest BCUT2D eigenvalue weighted by molar-refractivity contribution is -0.123. The zero-order valence-electron chi connectivity index (χ0n) is 16.9. The number of carbonyl (C=O) groups is 3. The fraction of sp³-hybridized carbons (Fsp3) is 0.250. The van der Waals surface area contributed by atoms with Crippen molar-refractivity contribution < 1.29 is 28.2 Å². The zero-order valence-corrected chi connectivity index (χ0v) is 17.7. The molecular weight excluding hydrogens is 445 g/mol. The second kappa shape index (κ2) is 8.42. The van der Waals surface area contributed by atoms with Crippen molar-refractivity contribution in [2.24, 2.45) is 10.3 Å². The molecule has 2 aromatic carbocycles. The second-order valence-electron chi connectivity index (χ2n) is 6.92. The number of halogens is 2. The van der Waals surface area contributed by atoms with E-state index in [0.29, 0.717) is 11.5 Å². The molecule has 166 valence electrons. The number of carbonyl (C=O) groups excluding carboxylic acids is 3. The Labute approximate surface area is 186 Å². The van der Waals surface area contributed by atoms with Gasteiger partial charge in [-0.3, -0.25) is 19.4 Å². The van der Waals surface area contributed by atoms with Crippen molar-refractivity contribution in [3.63, 3.8) is 0 Å². The first-order valence-corrected chi connectivity index (χ1v) is 9.74. The van der Waals surface area contributed by atoms with Crippen LogP contribution in [0.3, 0.4) is 0 Å². The molecule has 0 spiro atoms. The molecule has 12 heteroatoms. The summed E-state index contributed by atoms with van der Waals surface area (Å²) in [4.78, 5) is 39.3. The van der Waals surface area contributed by atoms with Crippen molar-refractivity contribution >= 4 is 40.7 Å². The van der Waals surface area contributed by atoms with E-state index < -0.39 is 35.6 Å². The molecule has 1 fully saturated rings. The number of nitrogens with one attached hydrogen (secondary N) is 1. The van der Waals surface area contributed by atoms with Crippen LogP contribution in [-0.2, 0) is 14.4 Å². The topological polar surface area (TPSA) is 113 Å². The Balaban J connectivity index is 1.50. The van der Waals surface area contributed by atoms with E-state index in [2.05, 4.69) is 15.7 Å². The van der Waals surface area contributed by atoms with Gasteiger partial charge < -0.3 is 14.8 Å². The fourth-order valence-corrected chi connectivity index (χ4v) is 3.67. The SMILES string of the molecule is COc1ccc(N2C(=O)C3N=NN(CC(=O)Nc4ccc(F)c(Cl)c4)C3C2=O)cc1OC. The molecule has 0 aromatic heterocycles. The molecular formula is C20H17ClFN5O5. The van der Waals surface area contributed by atoms with E-state index in [0.717, 1.165) is 16.0 Å². The van der Waals surface area contributed by atoms with Crippen LogP contribution < -0.4 is 19.7 Å². The van der Waals surface area contributed by atoms with Crippen molar-refractivity contribution in [2.75, 3.05) is 31.0 Å². The summed E-state index contributed by atoms with van der Waals surface area (Å²) in [6.45, 7) is -0.349. The highest BCUT2D eigenvalue weighted by molar-refractivity contribution is 6.31. The first kappa shape index (κ1) is 21.5. The van der Waals surface area contributed by atoms with Crippen LogP contribution in [0.5, 0.6) is 11.5 Å². The lowest BCUT2D eigenvalue weighted by Gasteiger charge is -2.20. The van der Waals surface area contributed by atoms with Crippen molar-refractivity contribution in [1.29, 1.82) is 0 Å². The van der Waals surface area contributed by atoms with Gasteiger partial charge in [0.25, 0.3) is 11.8 Å². The normalized spacial score (nSPS) is 19.4. The summed E-state index contributed by atoms with van der Waals surface area (Å²) >= 11 is 5.72. The monoisotopic (exact) mass is 461 g/mol. The molecule has 2 heterocycles. The number of rotatable bonds is 6. The molecule has 2 aliphatic heterocycles. The summed E-state index contributed by atoms with van der Waals surface area (Å²) in [6.07, 6.45) is 0. The summed E-state index contributed by atoms with van der Waals surface area (Å²) in [5.41, 5.74) is 0.558. The van der Waals surface area contributed by atoms with Gasteiger partial charge in [0.1, 0.15) is 12.4 Å². The van der Waals surface area contributed by atoms with Crippen LogP contribution in [0.2, 0.25) is 5.02 Å². The van der Waals surface area contributed by atoms with Gasteiger partial charge in [-0.2, -0.15) is 5.11 Å². The third-order valence-corrected chi connectivity index (χ3v) is 5.28. The first-order chi connectivity index (χ1) is 15.3. The van der Waals surface area contributed by atoms with E-state index in [1.165, 1.54) is 32.4 Å². The number of nitrogens with zero attached hydrogens (tertiary/aromatic N) is 4. The van der Waals surface area contributed by atoms with Gasteiger partial charge in [0.05, 0.1) is 24.9 Å². The van der Waals surface area contributed by atoms with Gasteiger partial charge >= 0.3 is 0 Å². The zero-order chi connectivity index (χ0) is 23.0. The van der Waals surface area contributed by atoms with Crippen LogP contribution in [0.25, 0.3) is 0 Å². The Kier molecular flexibility index (Phi) is 5.66. The summed E-state index contributed by atoms with van der Waals surface area (Å²) in [5, 5.41) is 11.2. The Bertz CT molecular complexity index is 1140. The van der Waals surface area contributed by atoms with E-state index in [4.69, 9.17) is 21.1 Å². The lowest BCUT2D eigenvalue weighted by Crippen LogP contribution is -2.43. The van der Waals surface area contributed by atoms with E-state index in [1.54, 1.807) is 12.1 Å². The number of ether oxygens (including phenoxy) is 2. The molecule has 4 rings (SSSR count). The number of hydrogen-bond acceptors (Lipinski definition) is 8. The average Bonchev–Trinajstić information content (AvgIpc) is 3.29.